The molecular formula is C14H23N. The van der Waals surface area contributed by atoms with Crippen molar-refractivity contribution in [3.8, 4) is 0 Å². The molecule has 0 saturated heterocycles. The Kier molecular flexibility index (Phi) is 4.83. The fourth-order valence-corrected chi connectivity index (χ4v) is 2.14. The van der Waals surface area contributed by atoms with Crippen LogP contribution in [-0.4, -0.2) is 7.05 Å². The van der Waals surface area contributed by atoms with Gasteiger partial charge in [0.2, 0.25) is 0 Å². The molecule has 1 heteroatoms. The molecule has 84 valence electrons. The summed E-state index contributed by atoms with van der Waals surface area (Å²) in [6.07, 6.45) is 2.33. The van der Waals surface area contributed by atoms with Crippen molar-refractivity contribution in [2.45, 2.75) is 39.7 Å². The van der Waals surface area contributed by atoms with Gasteiger partial charge in [-0.3, -0.25) is 0 Å². The molecule has 0 spiro atoms. The lowest BCUT2D eigenvalue weighted by molar-refractivity contribution is 0.398. The first-order valence-corrected chi connectivity index (χ1v) is 5.99. The summed E-state index contributed by atoms with van der Waals surface area (Å²) in [5.41, 5.74) is 2.94. The molecule has 1 rings (SSSR count). The molecule has 2 atom stereocenters. The average molecular weight is 205 g/mol. The molecule has 0 amide bonds. The van der Waals surface area contributed by atoms with Crippen LogP contribution in [0.2, 0.25) is 0 Å². The molecule has 15 heavy (non-hydrogen) atoms. The van der Waals surface area contributed by atoms with Gasteiger partial charge in [0.15, 0.2) is 0 Å². The van der Waals surface area contributed by atoms with Gasteiger partial charge in [-0.2, -0.15) is 0 Å². The molecular weight excluding hydrogens is 182 g/mol. The zero-order valence-corrected chi connectivity index (χ0v) is 10.4. The second-order valence-electron chi connectivity index (χ2n) is 4.20. The summed E-state index contributed by atoms with van der Waals surface area (Å²) in [4.78, 5) is 0. The van der Waals surface area contributed by atoms with Gasteiger partial charge in [-0.05, 0) is 30.5 Å². The molecule has 0 bridgehead atoms. The number of hydrogen-bond donors (Lipinski definition) is 1. The highest BCUT2D eigenvalue weighted by Crippen LogP contribution is 2.26. The summed E-state index contributed by atoms with van der Waals surface area (Å²) in [7, 11) is 2.06. The minimum absolute atomic E-state index is 0.492. The van der Waals surface area contributed by atoms with Gasteiger partial charge in [0.1, 0.15) is 0 Å². The molecule has 1 aromatic carbocycles. The molecule has 1 nitrogen and oxygen atoms in total. The van der Waals surface area contributed by atoms with Crippen LogP contribution in [0, 0.1) is 5.92 Å². The first-order chi connectivity index (χ1) is 7.24. The van der Waals surface area contributed by atoms with E-state index in [4.69, 9.17) is 0 Å². The largest absolute Gasteiger partial charge is 0.313 e. The Morgan fingerprint density at radius 3 is 2.40 bits per heavy atom. The fourth-order valence-electron chi connectivity index (χ4n) is 2.14. The molecule has 0 aliphatic heterocycles. The lowest BCUT2D eigenvalue weighted by atomic mass is 9.89. The van der Waals surface area contributed by atoms with E-state index in [1.165, 1.54) is 17.5 Å². The SMILES string of the molecule is CCc1ccccc1C(NC)C(C)CC. The predicted octanol–water partition coefficient (Wildman–Crippen LogP) is 3.56. The Morgan fingerprint density at radius 2 is 1.87 bits per heavy atom. The predicted molar refractivity (Wildman–Crippen MR) is 67.1 cm³/mol. The lowest BCUT2D eigenvalue weighted by Crippen LogP contribution is -2.24. The monoisotopic (exact) mass is 205 g/mol. The van der Waals surface area contributed by atoms with E-state index in [0.717, 1.165) is 6.42 Å². The maximum Gasteiger partial charge on any atom is 0.0346 e. The number of rotatable bonds is 5. The van der Waals surface area contributed by atoms with E-state index >= 15 is 0 Å². The van der Waals surface area contributed by atoms with Crippen molar-refractivity contribution in [3.05, 3.63) is 35.4 Å². The average Bonchev–Trinajstić information content (AvgIpc) is 2.30. The third-order valence-corrected chi connectivity index (χ3v) is 3.30. The van der Waals surface area contributed by atoms with Gasteiger partial charge >= 0.3 is 0 Å². The quantitative estimate of drug-likeness (QED) is 0.775. The van der Waals surface area contributed by atoms with Crippen LogP contribution in [-0.2, 0) is 6.42 Å². The molecule has 0 aliphatic carbocycles. The van der Waals surface area contributed by atoms with E-state index in [-0.39, 0.29) is 0 Å². The maximum atomic E-state index is 3.44. The van der Waals surface area contributed by atoms with Gasteiger partial charge in [0, 0.05) is 6.04 Å². The van der Waals surface area contributed by atoms with Crippen LogP contribution in [0.15, 0.2) is 24.3 Å². The van der Waals surface area contributed by atoms with Crippen LogP contribution >= 0.6 is 0 Å². The lowest BCUT2D eigenvalue weighted by Gasteiger charge is -2.25. The van der Waals surface area contributed by atoms with Gasteiger partial charge in [0.25, 0.3) is 0 Å². The standard InChI is InChI=1S/C14H23N/c1-5-11(3)14(15-4)13-10-8-7-9-12(13)6-2/h7-11,14-15H,5-6H2,1-4H3. The van der Waals surface area contributed by atoms with Gasteiger partial charge < -0.3 is 5.32 Å². The third kappa shape index (κ3) is 2.82. The van der Waals surface area contributed by atoms with Gasteiger partial charge in [0.05, 0.1) is 0 Å². The minimum atomic E-state index is 0.492. The number of benzene rings is 1. The summed E-state index contributed by atoms with van der Waals surface area (Å²) in [6.45, 7) is 6.79. The molecule has 2 unspecified atom stereocenters. The van der Waals surface area contributed by atoms with E-state index in [0.29, 0.717) is 12.0 Å². The van der Waals surface area contributed by atoms with Gasteiger partial charge in [-0.25, -0.2) is 0 Å². The molecule has 0 fully saturated rings. The zero-order chi connectivity index (χ0) is 11.3. The molecule has 1 N–H and O–H groups in total. The fraction of sp³-hybridized carbons (Fsp3) is 0.571. The van der Waals surface area contributed by atoms with E-state index < -0.39 is 0 Å². The highest BCUT2D eigenvalue weighted by Gasteiger charge is 2.17. The molecule has 1 aromatic rings. The Balaban J connectivity index is 3.00. The first-order valence-electron chi connectivity index (χ1n) is 5.99. The van der Waals surface area contributed by atoms with E-state index in [2.05, 4.69) is 57.4 Å². The minimum Gasteiger partial charge on any atom is -0.313 e. The Morgan fingerprint density at radius 1 is 1.20 bits per heavy atom. The second-order valence-corrected chi connectivity index (χ2v) is 4.20. The maximum absolute atomic E-state index is 3.44. The van der Waals surface area contributed by atoms with Crippen LogP contribution in [0.4, 0.5) is 0 Å². The molecule has 0 heterocycles. The second kappa shape index (κ2) is 5.92. The molecule has 0 saturated carbocycles. The summed E-state index contributed by atoms with van der Waals surface area (Å²) in [6, 6.07) is 9.26. The summed E-state index contributed by atoms with van der Waals surface area (Å²) >= 11 is 0. The number of hydrogen-bond acceptors (Lipinski definition) is 1. The van der Waals surface area contributed by atoms with E-state index in [9.17, 15) is 0 Å². The van der Waals surface area contributed by atoms with Crippen LogP contribution in [0.5, 0.6) is 0 Å². The zero-order valence-electron chi connectivity index (χ0n) is 10.4. The van der Waals surface area contributed by atoms with Crippen molar-refractivity contribution in [1.82, 2.24) is 5.32 Å². The first kappa shape index (κ1) is 12.3. The smallest absolute Gasteiger partial charge is 0.0346 e. The van der Waals surface area contributed by atoms with Gasteiger partial charge in [-0.15, -0.1) is 0 Å². The topological polar surface area (TPSA) is 12.0 Å². The van der Waals surface area contributed by atoms with Crippen LogP contribution in [0.25, 0.3) is 0 Å². The van der Waals surface area contributed by atoms with Crippen molar-refractivity contribution in [1.29, 1.82) is 0 Å². The number of nitrogens with one attached hydrogen (secondary N) is 1. The van der Waals surface area contributed by atoms with Crippen LogP contribution in [0.3, 0.4) is 0 Å². The Bertz CT molecular complexity index is 293. The van der Waals surface area contributed by atoms with E-state index in [1.54, 1.807) is 0 Å². The van der Waals surface area contributed by atoms with Crippen molar-refractivity contribution < 1.29 is 0 Å². The molecule has 0 radical (unpaired) electrons. The molecule has 0 aromatic heterocycles. The van der Waals surface area contributed by atoms with Crippen molar-refractivity contribution in [2.75, 3.05) is 7.05 Å². The van der Waals surface area contributed by atoms with Crippen molar-refractivity contribution >= 4 is 0 Å². The van der Waals surface area contributed by atoms with Crippen molar-refractivity contribution in [3.63, 3.8) is 0 Å². The molecule has 0 aliphatic rings. The van der Waals surface area contributed by atoms with E-state index in [1.807, 2.05) is 0 Å². The Labute approximate surface area is 93.9 Å². The summed E-state index contributed by atoms with van der Waals surface area (Å²) < 4.78 is 0. The Hall–Kier alpha value is -0.820. The normalized spacial score (nSPS) is 14.9. The van der Waals surface area contributed by atoms with Crippen LogP contribution < -0.4 is 5.32 Å². The summed E-state index contributed by atoms with van der Waals surface area (Å²) in [5.74, 6) is 0.683. The van der Waals surface area contributed by atoms with Crippen molar-refractivity contribution in [2.24, 2.45) is 5.92 Å². The number of aryl methyl sites for hydroxylation is 1. The van der Waals surface area contributed by atoms with Crippen LogP contribution in [0.1, 0.15) is 44.4 Å². The van der Waals surface area contributed by atoms with Gasteiger partial charge in [-0.1, -0.05) is 51.5 Å². The highest BCUT2D eigenvalue weighted by atomic mass is 14.9. The highest BCUT2D eigenvalue weighted by molar-refractivity contribution is 5.30. The summed E-state index contributed by atoms with van der Waals surface area (Å²) in [5, 5.41) is 3.44. The third-order valence-electron chi connectivity index (χ3n) is 3.30.